The molecule has 150 valence electrons. The van der Waals surface area contributed by atoms with Crippen molar-refractivity contribution in [2.24, 2.45) is 0 Å². The molecule has 1 aliphatic heterocycles. The van der Waals surface area contributed by atoms with Gasteiger partial charge in [-0.2, -0.15) is 0 Å². The Kier molecular flexibility index (Phi) is 5.07. The Morgan fingerprint density at radius 2 is 1.43 bits per heavy atom. The average Bonchev–Trinajstić information content (AvgIpc) is 2.77. The van der Waals surface area contributed by atoms with Gasteiger partial charge in [-0.3, -0.25) is 25.1 Å². The van der Waals surface area contributed by atoms with Crippen molar-refractivity contribution in [2.45, 2.75) is 52.6 Å². The van der Waals surface area contributed by atoms with Crippen LogP contribution in [0.15, 0.2) is 6.07 Å². The Morgan fingerprint density at radius 3 is 1.89 bits per heavy atom. The van der Waals surface area contributed by atoms with E-state index in [0.29, 0.717) is 0 Å². The number of rotatable bonds is 3. The number of amides is 3. The number of imide groups is 1. The van der Waals surface area contributed by atoms with E-state index in [2.05, 4.69) is 10.6 Å². The SMILES string of the molecule is CC(C)(C)NC(=N)c1cc(C(=O)O)c2c(c1C(=O)NC(C)(C)C)C(=O)NC2=O. The second-order valence-corrected chi connectivity index (χ2v) is 8.64. The van der Waals surface area contributed by atoms with Crippen LogP contribution < -0.4 is 16.0 Å². The average molecular weight is 388 g/mol. The summed E-state index contributed by atoms with van der Waals surface area (Å²) in [6, 6.07) is 1.08. The van der Waals surface area contributed by atoms with Crippen LogP contribution in [-0.4, -0.2) is 45.7 Å². The number of hydrogen-bond acceptors (Lipinski definition) is 5. The van der Waals surface area contributed by atoms with Gasteiger partial charge in [-0.05, 0) is 47.6 Å². The molecule has 0 saturated carbocycles. The molecular formula is C19H24N4O5. The van der Waals surface area contributed by atoms with Gasteiger partial charge in [-0.15, -0.1) is 0 Å². The molecule has 1 aromatic rings. The molecule has 0 fully saturated rings. The van der Waals surface area contributed by atoms with E-state index in [-0.39, 0.29) is 28.1 Å². The van der Waals surface area contributed by atoms with Gasteiger partial charge in [-0.25, -0.2) is 4.79 Å². The fourth-order valence-corrected chi connectivity index (χ4v) is 2.82. The van der Waals surface area contributed by atoms with Gasteiger partial charge in [0.1, 0.15) is 5.84 Å². The number of carboxylic acid groups (broad SMARTS) is 1. The van der Waals surface area contributed by atoms with Crippen LogP contribution in [0.5, 0.6) is 0 Å². The number of nitrogens with one attached hydrogen (secondary N) is 4. The third kappa shape index (κ3) is 4.19. The fraction of sp³-hybridized carbons (Fsp3) is 0.421. The zero-order chi connectivity index (χ0) is 21.6. The Bertz CT molecular complexity index is 920. The van der Waals surface area contributed by atoms with Gasteiger partial charge >= 0.3 is 5.97 Å². The predicted molar refractivity (Wildman–Crippen MR) is 102 cm³/mol. The number of benzene rings is 1. The number of aromatic carboxylic acids is 1. The molecule has 0 bridgehead atoms. The summed E-state index contributed by atoms with van der Waals surface area (Å²) in [5.41, 5.74) is -2.65. The topological polar surface area (TPSA) is 148 Å². The van der Waals surface area contributed by atoms with Crippen LogP contribution in [0.25, 0.3) is 0 Å². The van der Waals surface area contributed by atoms with E-state index >= 15 is 0 Å². The molecule has 5 N–H and O–H groups in total. The first kappa shape index (κ1) is 21.1. The molecule has 0 atom stereocenters. The third-order valence-corrected chi connectivity index (χ3v) is 3.72. The summed E-state index contributed by atoms with van der Waals surface area (Å²) in [4.78, 5) is 49.3. The van der Waals surface area contributed by atoms with Gasteiger partial charge in [0.25, 0.3) is 17.7 Å². The first-order chi connectivity index (χ1) is 12.6. The first-order valence-corrected chi connectivity index (χ1v) is 8.62. The molecule has 2 rings (SSSR count). The molecule has 0 radical (unpaired) electrons. The highest BCUT2D eigenvalue weighted by Gasteiger charge is 2.39. The van der Waals surface area contributed by atoms with Crippen LogP contribution in [-0.2, 0) is 0 Å². The molecule has 3 amide bonds. The summed E-state index contributed by atoms with van der Waals surface area (Å²) in [6.07, 6.45) is 0. The third-order valence-electron chi connectivity index (χ3n) is 3.72. The van der Waals surface area contributed by atoms with Crippen LogP contribution in [0.3, 0.4) is 0 Å². The zero-order valence-electron chi connectivity index (χ0n) is 16.7. The number of carbonyl (C=O) groups excluding carboxylic acids is 3. The highest BCUT2D eigenvalue weighted by molar-refractivity contribution is 6.29. The number of hydrogen-bond donors (Lipinski definition) is 5. The van der Waals surface area contributed by atoms with Gasteiger partial charge < -0.3 is 15.7 Å². The van der Waals surface area contributed by atoms with Crippen LogP contribution in [0.1, 0.15) is 88.5 Å². The monoisotopic (exact) mass is 388 g/mol. The van der Waals surface area contributed by atoms with E-state index < -0.39 is 40.3 Å². The maximum Gasteiger partial charge on any atom is 0.336 e. The van der Waals surface area contributed by atoms with Crippen LogP contribution >= 0.6 is 0 Å². The van der Waals surface area contributed by atoms with Crippen LogP contribution in [0, 0.1) is 5.41 Å². The van der Waals surface area contributed by atoms with Crippen molar-refractivity contribution >= 4 is 29.5 Å². The van der Waals surface area contributed by atoms with Gasteiger partial charge in [0, 0.05) is 16.6 Å². The molecule has 0 saturated heterocycles. The predicted octanol–water partition coefficient (Wildman–Crippen LogP) is 1.51. The molecule has 1 aromatic carbocycles. The van der Waals surface area contributed by atoms with Gasteiger partial charge in [0.2, 0.25) is 0 Å². The molecule has 9 heteroatoms. The summed E-state index contributed by atoms with van der Waals surface area (Å²) >= 11 is 0. The number of carbonyl (C=O) groups is 4. The summed E-state index contributed by atoms with van der Waals surface area (Å²) < 4.78 is 0. The van der Waals surface area contributed by atoms with Gasteiger partial charge in [0.15, 0.2) is 0 Å². The standard InChI is InChI=1S/C19H24N4O5/c1-18(2,3)22-13(20)8-7-9(17(27)28)11-12(15(25)21-14(11)24)10(8)16(26)23-19(4,5)6/h7H,1-6H3,(H2,20,22)(H,23,26)(H,27,28)(H,21,24,25). The van der Waals surface area contributed by atoms with E-state index in [1.165, 1.54) is 0 Å². The molecule has 1 heterocycles. The molecule has 0 aromatic heterocycles. The second-order valence-electron chi connectivity index (χ2n) is 8.64. The Labute approximate surface area is 162 Å². The quantitative estimate of drug-likeness (QED) is 0.301. The molecule has 0 aliphatic carbocycles. The second kappa shape index (κ2) is 6.74. The minimum atomic E-state index is -1.44. The lowest BCUT2D eigenvalue weighted by Gasteiger charge is -2.26. The summed E-state index contributed by atoms with van der Waals surface area (Å²) in [5.74, 6) is -4.10. The van der Waals surface area contributed by atoms with E-state index in [1.54, 1.807) is 41.5 Å². The summed E-state index contributed by atoms with van der Waals surface area (Å²) in [7, 11) is 0. The minimum absolute atomic E-state index is 0.0716. The van der Waals surface area contributed by atoms with E-state index in [4.69, 9.17) is 5.41 Å². The molecule has 0 unspecified atom stereocenters. The van der Waals surface area contributed by atoms with Crippen LogP contribution in [0.2, 0.25) is 0 Å². The highest BCUT2D eigenvalue weighted by Crippen LogP contribution is 2.29. The first-order valence-electron chi connectivity index (χ1n) is 8.62. The number of carboxylic acids is 1. The fourth-order valence-electron chi connectivity index (χ4n) is 2.82. The number of amidine groups is 1. The van der Waals surface area contributed by atoms with Crippen molar-refractivity contribution in [2.75, 3.05) is 0 Å². The molecule has 0 spiro atoms. The lowest BCUT2D eigenvalue weighted by molar-refractivity contribution is 0.0690. The summed E-state index contributed by atoms with van der Waals surface area (Å²) in [6.45, 7) is 10.6. The maximum absolute atomic E-state index is 13.0. The van der Waals surface area contributed by atoms with Crippen LogP contribution in [0.4, 0.5) is 0 Å². The maximum atomic E-state index is 13.0. The van der Waals surface area contributed by atoms with Crippen molar-refractivity contribution < 1.29 is 24.3 Å². The van der Waals surface area contributed by atoms with E-state index in [0.717, 1.165) is 6.07 Å². The van der Waals surface area contributed by atoms with Crippen molar-refractivity contribution in [1.29, 1.82) is 5.41 Å². The van der Waals surface area contributed by atoms with Gasteiger partial charge in [0.05, 0.1) is 22.3 Å². The molecular weight excluding hydrogens is 364 g/mol. The lowest BCUT2D eigenvalue weighted by Crippen LogP contribution is -2.44. The lowest BCUT2D eigenvalue weighted by atomic mass is 9.90. The van der Waals surface area contributed by atoms with E-state index in [9.17, 15) is 24.3 Å². The smallest absolute Gasteiger partial charge is 0.336 e. The minimum Gasteiger partial charge on any atom is -0.478 e. The molecule has 1 aliphatic rings. The Balaban J connectivity index is 2.84. The van der Waals surface area contributed by atoms with Crippen molar-refractivity contribution in [3.05, 3.63) is 33.9 Å². The van der Waals surface area contributed by atoms with E-state index in [1.807, 2.05) is 5.32 Å². The van der Waals surface area contributed by atoms with Crippen molar-refractivity contribution in [1.82, 2.24) is 16.0 Å². The highest BCUT2D eigenvalue weighted by atomic mass is 16.4. The summed E-state index contributed by atoms with van der Waals surface area (Å²) in [5, 5.41) is 25.5. The number of fused-ring (bicyclic) bond motifs is 1. The zero-order valence-corrected chi connectivity index (χ0v) is 16.7. The van der Waals surface area contributed by atoms with Crippen molar-refractivity contribution in [3.8, 4) is 0 Å². The Morgan fingerprint density at radius 1 is 0.929 bits per heavy atom. The van der Waals surface area contributed by atoms with Crippen molar-refractivity contribution in [3.63, 3.8) is 0 Å². The Hall–Kier alpha value is -3.23. The molecule has 9 nitrogen and oxygen atoms in total. The molecule has 28 heavy (non-hydrogen) atoms. The normalized spacial score (nSPS) is 13.6. The van der Waals surface area contributed by atoms with Gasteiger partial charge in [-0.1, -0.05) is 0 Å². The largest absolute Gasteiger partial charge is 0.478 e.